The van der Waals surface area contributed by atoms with Crippen molar-refractivity contribution in [3.05, 3.63) is 75.6 Å². The second-order valence-electron chi connectivity index (χ2n) is 7.25. The van der Waals surface area contributed by atoms with Crippen LogP contribution >= 0.6 is 11.3 Å². The summed E-state index contributed by atoms with van der Waals surface area (Å²) >= 11 is 1.15. The number of hydrogen-bond donors (Lipinski definition) is 0. The number of carbonyl (C=O) groups excluding carboxylic acids is 1. The molecule has 0 N–H and O–H groups in total. The topological polar surface area (TPSA) is 115 Å². The number of nitro groups is 1. The number of benzene rings is 2. The summed E-state index contributed by atoms with van der Waals surface area (Å²) in [6.45, 7) is 7.62. The third-order valence-electron chi connectivity index (χ3n) is 4.89. The summed E-state index contributed by atoms with van der Waals surface area (Å²) in [6.07, 6.45) is 1.64. The second-order valence-corrected chi connectivity index (χ2v) is 10.3. The summed E-state index contributed by atoms with van der Waals surface area (Å²) in [4.78, 5) is 28.0. The van der Waals surface area contributed by atoms with Crippen LogP contribution in [-0.4, -0.2) is 41.2 Å². The lowest BCUT2D eigenvalue weighted by Crippen LogP contribution is -2.33. The van der Waals surface area contributed by atoms with Crippen molar-refractivity contribution in [3.63, 3.8) is 0 Å². The first-order valence-corrected chi connectivity index (χ1v) is 11.9. The molecule has 3 aromatic rings. The lowest BCUT2D eigenvalue weighted by molar-refractivity contribution is -0.384. The van der Waals surface area contributed by atoms with E-state index >= 15 is 0 Å². The number of thiazole rings is 1. The molecule has 1 heterocycles. The first kappa shape index (κ1) is 23.5. The minimum absolute atomic E-state index is 0.0504. The maximum absolute atomic E-state index is 12.8. The fourth-order valence-electron chi connectivity index (χ4n) is 2.93. The Morgan fingerprint density at radius 2 is 1.94 bits per heavy atom. The number of nitrogens with zero attached hydrogens (tertiary/aromatic N) is 4. The fraction of sp³-hybridized carbons (Fsp3) is 0.238. The van der Waals surface area contributed by atoms with Gasteiger partial charge in [-0.2, -0.15) is 9.30 Å². The predicted octanol–water partition coefficient (Wildman–Crippen LogP) is 3.57. The minimum Gasteiger partial charge on any atom is -0.312 e. The summed E-state index contributed by atoms with van der Waals surface area (Å²) in [5.41, 5.74) is 0.875. The van der Waals surface area contributed by atoms with Gasteiger partial charge in [0.25, 0.3) is 11.6 Å². The van der Waals surface area contributed by atoms with Crippen molar-refractivity contribution in [2.24, 2.45) is 4.99 Å². The van der Waals surface area contributed by atoms with Crippen molar-refractivity contribution >= 4 is 43.2 Å². The molecule has 0 spiro atoms. The van der Waals surface area contributed by atoms with Gasteiger partial charge >= 0.3 is 0 Å². The summed E-state index contributed by atoms with van der Waals surface area (Å²) in [5.74, 6) is -0.551. The van der Waals surface area contributed by atoms with Gasteiger partial charge in [-0.25, -0.2) is 8.42 Å². The molecular weight excluding hydrogens is 452 g/mol. The number of amides is 1. The maximum atomic E-state index is 12.8. The lowest BCUT2D eigenvalue weighted by Gasteiger charge is -2.20. The molecule has 32 heavy (non-hydrogen) atoms. The third-order valence-corrected chi connectivity index (χ3v) is 7.98. The Hall–Kier alpha value is -3.15. The number of nitro benzene ring substituents is 1. The molecule has 11 heteroatoms. The summed E-state index contributed by atoms with van der Waals surface area (Å²) in [5, 5.41) is 11.1. The van der Waals surface area contributed by atoms with Crippen molar-refractivity contribution in [2.75, 3.05) is 7.05 Å². The van der Waals surface area contributed by atoms with E-state index in [1.807, 2.05) is 0 Å². The van der Waals surface area contributed by atoms with E-state index < -0.39 is 20.9 Å². The number of hydrogen-bond acceptors (Lipinski definition) is 6. The highest BCUT2D eigenvalue weighted by Crippen LogP contribution is 2.23. The number of fused-ring (bicyclic) bond motifs is 1. The SMILES string of the molecule is C=CCn1c(=NC(=O)c2ccc(S(=O)(=O)N(C)C(C)C)cc2)sc2cc([N+](=O)[O-])ccc21. The normalized spacial score (nSPS) is 12.6. The van der Waals surface area contributed by atoms with Gasteiger partial charge in [-0.15, -0.1) is 6.58 Å². The van der Waals surface area contributed by atoms with Crippen molar-refractivity contribution in [1.29, 1.82) is 0 Å². The molecule has 168 valence electrons. The number of non-ortho nitro benzene ring substituents is 1. The molecule has 0 aliphatic rings. The molecule has 3 rings (SSSR count). The van der Waals surface area contributed by atoms with Crippen molar-refractivity contribution in [1.82, 2.24) is 8.87 Å². The van der Waals surface area contributed by atoms with Gasteiger partial charge in [0.2, 0.25) is 10.0 Å². The van der Waals surface area contributed by atoms with Crippen molar-refractivity contribution < 1.29 is 18.1 Å². The van der Waals surface area contributed by atoms with E-state index in [1.54, 1.807) is 30.6 Å². The van der Waals surface area contributed by atoms with Crippen LogP contribution in [0.2, 0.25) is 0 Å². The van der Waals surface area contributed by atoms with Gasteiger partial charge in [0, 0.05) is 37.3 Å². The molecule has 0 aliphatic carbocycles. The van der Waals surface area contributed by atoms with Crippen molar-refractivity contribution in [3.8, 4) is 0 Å². The monoisotopic (exact) mass is 474 g/mol. The molecule has 0 saturated heterocycles. The highest BCUT2D eigenvalue weighted by Gasteiger charge is 2.23. The number of sulfonamides is 1. The Balaban J connectivity index is 2.01. The van der Waals surface area contributed by atoms with E-state index in [9.17, 15) is 23.3 Å². The van der Waals surface area contributed by atoms with Crippen LogP contribution in [0.1, 0.15) is 24.2 Å². The molecule has 0 radical (unpaired) electrons. The Morgan fingerprint density at radius 1 is 1.28 bits per heavy atom. The van der Waals surface area contributed by atoms with E-state index in [-0.39, 0.29) is 22.2 Å². The number of rotatable bonds is 7. The third kappa shape index (κ3) is 4.54. The average Bonchev–Trinajstić information content (AvgIpc) is 3.09. The molecular formula is C21H22N4O5S2. The van der Waals surface area contributed by atoms with Gasteiger partial charge in [0.05, 0.1) is 20.0 Å². The Kier molecular flexibility index (Phi) is 6.72. The number of carbonyl (C=O) groups is 1. The molecule has 1 amide bonds. The molecule has 0 bridgehead atoms. The van der Waals surface area contributed by atoms with Crippen LogP contribution in [-0.2, 0) is 16.6 Å². The highest BCUT2D eigenvalue weighted by molar-refractivity contribution is 7.89. The Bertz CT molecular complexity index is 1370. The van der Waals surface area contributed by atoms with Gasteiger partial charge in [0.1, 0.15) is 0 Å². The number of allylic oxidation sites excluding steroid dienone is 1. The quantitative estimate of drug-likeness (QED) is 0.295. The summed E-state index contributed by atoms with van der Waals surface area (Å²) in [7, 11) is -2.16. The van der Waals surface area contributed by atoms with Crippen LogP contribution < -0.4 is 4.80 Å². The van der Waals surface area contributed by atoms with Gasteiger partial charge < -0.3 is 4.57 Å². The Morgan fingerprint density at radius 3 is 2.50 bits per heavy atom. The predicted molar refractivity (Wildman–Crippen MR) is 123 cm³/mol. The van der Waals surface area contributed by atoms with Crippen LogP contribution in [0.15, 0.2) is 65.0 Å². The van der Waals surface area contributed by atoms with E-state index in [4.69, 9.17) is 0 Å². The van der Waals surface area contributed by atoms with E-state index in [2.05, 4.69) is 11.6 Å². The highest BCUT2D eigenvalue weighted by atomic mass is 32.2. The van der Waals surface area contributed by atoms with Gasteiger partial charge in [-0.05, 0) is 44.2 Å². The zero-order valence-corrected chi connectivity index (χ0v) is 19.4. The molecule has 0 fully saturated rings. The van der Waals surface area contributed by atoms with E-state index in [1.165, 1.54) is 47.8 Å². The van der Waals surface area contributed by atoms with Gasteiger partial charge in [-0.1, -0.05) is 17.4 Å². The molecule has 0 unspecified atom stereocenters. The average molecular weight is 475 g/mol. The van der Waals surface area contributed by atoms with Crippen LogP contribution in [0.3, 0.4) is 0 Å². The van der Waals surface area contributed by atoms with Crippen LogP contribution in [0, 0.1) is 10.1 Å². The first-order valence-electron chi connectivity index (χ1n) is 9.62. The van der Waals surface area contributed by atoms with Crippen LogP contribution in [0.5, 0.6) is 0 Å². The van der Waals surface area contributed by atoms with Crippen molar-refractivity contribution in [2.45, 2.75) is 31.3 Å². The number of aromatic nitrogens is 1. The smallest absolute Gasteiger partial charge is 0.279 e. The van der Waals surface area contributed by atoms with Gasteiger partial charge in [-0.3, -0.25) is 14.9 Å². The molecule has 0 aliphatic heterocycles. The molecule has 9 nitrogen and oxygen atoms in total. The van der Waals surface area contributed by atoms with E-state index in [0.717, 1.165) is 11.3 Å². The van der Waals surface area contributed by atoms with Gasteiger partial charge in [0.15, 0.2) is 4.80 Å². The van der Waals surface area contributed by atoms with Crippen LogP contribution in [0.4, 0.5) is 5.69 Å². The zero-order valence-electron chi connectivity index (χ0n) is 17.8. The largest absolute Gasteiger partial charge is 0.312 e. The maximum Gasteiger partial charge on any atom is 0.279 e. The zero-order chi connectivity index (χ0) is 23.6. The molecule has 2 aromatic carbocycles. The lowest BCUT2D eigenvalue weighted by atomic mass is 10.2. The minimum atomic E-state index is -3.66. The Labute approximate surface area is 189 Å². The second kappa shape index (κ2) is 9.15. The van der Waals surface area contributed by atoms with E-state index in [0.29, 0.717) is 21.6 Å². The summed E-state index contributed by atoms with van der Waals surface area (Å²) < 4.78 is 28.8. The summed E-state index contributed by atoms with van der Waals surface area (Å²) in [6, 6.07) is 9.83. The molecule has 1 aromatic heterocycles. The standard InChI is InChI=1S/C21H22N4O5S2/c1-5-12-24-18-11-8-16(25(27)28)13-19(18)31-21(24)22-20(26)15-6-9-17(10-7-15)32(29,30)23(4)14(2)3/h5-11,13-14H,1,12H2,2-4H3. The fourth-order valence-corrected chi connectivity index (χ4v) is 5.37. The molecule has 0 atom stereocenters. The first-order chi connectivity index (χ1) is 15.1. The molecule has 0 saturated carbocycles. The van der Waals surface area contributed by atoms with Crippen LogP contribution in [0.25, 0.3) is 10.2 Å².